The minimum atomic E-state index is -3.10. The third kappa shape index (κ3) is 3.10. The largest absolute Gasteiger partial charge is 0.497 e. The molecule has 2 fully saturated rings. The molecule has 2 unspecified atom stereocenters. The van der Waals surface area contributed by atoms with Gasteiger partial charge in [0.25, 0.3) is 0 Å². The number of aliphatic imine (C=N–C) groups is 1. The summed E-state index contributed by atoms with van der Waals surface area (Å²) in [4.78, 5) is 17.4. The fourth-order valence-corrected chi connectivity index (χ4v) is 6.92. The van der Waals surface area contributed by atoms with Crippen molar-refractivity contribution >= 4 is 38.4 Å². The van der Waals surface area contributed by atoms with Gasteiger partial charge < -0.3 is 14.4 Å². The molecule has 2 aliphatic heterocycles. The Morgan fingerprint density at radius 3 is 2.67 bits per heavy atom. The summed E-state index contributed by atoms with van der Waals surface area (Å²) in [5.74, 6) is 0.974. The van der Waals surface area contributed by atoms with Gasteiger partial charge in [-0.15, -0.1) is 0 Å². The van der Waals surface area contributed by atoms with Crippen LogP contribution in [0.1, 0.15) is 6.92 Å². The van der Waals surface area contributed by atoms with Crippen molar-refractivity contribution in [3.8, 4) is 11.5 Å². The fourth-order valence-electron chi connectivity index (χ4n) is 2.96. The number of sulfone groups is 1. The zero-order valence-corrected chi connectivity index (χ0v) is 15.2. The van der Waals surface area contributed by atoms with Gasteiger partial charge in [0.15, 0.2) is 15.0 Å². The summed E-state index contributed by atoms with van der Waals surface area (Å²) in [5.41, 5.74) is 0.676. The molecule has 0 aromatic heterocycles. The van der Waals surface area contributed by atoms with Crippen LogP contribution in [0, 0.1) is 0 Å². The number of nitrogens with zero attached hydrogens (tertiary/aromatic N) is 2. The molecule has 0 radical (unpaired) electrons. The van der Waals surface area contributed by atoms with Gasteiger partial charge in [-0.2, -0.15) is 4.99 Å². The number of fused-ring (bicyclic) bond motifs is 1. The van der Waals surface area contributed by atoms with Crippen LogP contribution >= 0.6 is 11.8 Å². The molecule has 0 aliphatic carbocycles. The summed E-state index contributed by atoms with van der Waals surface area (Å²) in [6, 6.07) is 5.02. The molecule has 2 heterocycles. The Morgan fingerprint density at radius 1 is 1.29 bits per heavy atom. The lowest BCUT2D eigenvalue weighted by atomic mass is 10.2. The van der Waals surface area contributed by atoms with Crippen LogP contribution in [0.4, 0.5) is 5.69 Å². The van der Waals surface area contributed by atoms with Crippen molar-refractivity contribution in [3.63, 3.8) is 0 Å². The Hall–Kier alpha value is -1.74. The summed E-state index contributed by atoms with van der Waals surface area (Å²) in [7, 11) is -0.00687. The lowest BCUT2D eigenvalue weighted by Gasteiger charge is -2.26. The first kappa shape index (κ1) is 17.1. The summed E-state index contributed by atoms with van der Waals surface area (Å²) >= 11 is 1.33. The van der Waals surface area contributed by atoms with Crippen molar-refractivity contribution in [3.05, 3.63) is 18.2 Å². The molecule has 2 atom stereocenters. The number of ether oxygens (including phenoxy) is 2. The van der Waals surface area contributed by atoms with Gasteiger partial charge in [-0.3, -0.25) is 4.79 Å². The molecular weight excluding hydrogens is 352 g/mol. The number of methoxy groups -OCH3 is 2. The van der Waals surface area contributed by atoms with Gasteiger partial charge in [-0.1, -0.05) is 11.8 Å². The summed E-state index contributed by atoms with van der Waals surface area (Å²) in [5, 5.41) is 0.371. The molecule has 1 aromatic carbocycles. The van der Waals surface area contributed by atoms with Crippen molar-refractivity contribution in [1.29, 1.82) is 0 Å². The van der Waals surface area contributed by atoms with E-state index in [1.165, 1.54) is 25.8 Å². The molecule has 3 rings (SSSR count). The molecule has 1 amide bonds. The minimum absolute atomic E-state index is 0.0385. The van der Waals surface area contributed by atoms with Crippen molar-refractivity contribution in [1.82, 2.24) is 0 Å². The molecule has 2 aliphatic rings. The van der Waals surface area contributed by atoms with E-state index in [1.807, 2.05) is 0 Å². The maximum Gasteiger partial charge on any atom is 0.244 e. The first-order valence-electron chi connectivity index (χ1n) is 7.32. The first-order valence-corrected chi connectivity index (χ1v) is 10.0. The van der Waals surface area contributed by atoms with E-state index in [2.05, 4.69) is 4.99 Å². The Kier molecular flexibility index (Phi) is 4.48. The Labute approximate surface area is 144 Å². The highest BCUT2D eigenvalue weighted by molar-refractivity contribution is 8.16. The molecule has 0 N–H and O–H groups in total. The van der Waals surface area contributed by atoms with E-state index in [-0.39, 0.29) is 28.7 Å². The second kappa shape index (κ2) is 6.29. The summed E-state index contributed by atoms with van der Waals surface area (Å²) < 4.78 is 34.6. The quantitative estimate of drug-likeness (QED) is 0.793. The Morgan fingerprint density at radius 2 is 2.04 bits per heavy atom. The van der Waals surface area contributed by atoms with Crippen molar-refractivity contribution in [2.45, 2.75) is 18.2 Å². The molecule has 1 aromatic rings. The average Bonchev–Trinajstić information content (AvgIpc) is 2.97. The monoisotopic (exact) mass is 370 g/mol. The highest BCUT2D eigenvalue weighted by Crippen LogP contribution is 2.44. The average molecular weight is 370 g/mol. The van der Waals surface area contributed by atoms with Gasteiger partial charge in [0.1, 0.15) is 11.5 Å². The minimum Gasteiger partial charge on any atom is -0.497 e. The molecule has 24 heavy (non-hydrogen) atoms. The number of hydrogen-bond donors (Lipinski definition) is 0. The number of amidine groups is 1. The van der Waals surface area contributed by atoms with Crippen LogP contribution in [0.25, 0.3) is 0 Å². The van der Waals surface area contributed by atoms with E-state index in [0.717, 1.165) is 0 Å². The number of anilines is 1. The lowest BCUT2D eigenvalue weighted by molar-refractivity contribution is -0.115. The van der Waals surface area contributed by atoms with Crippen LogP contribution in [0.15, 0.2) is 23.2 Å². The number of benzene rings is 1. The Balaban J connectivity index is 2.09. The smallest absolute Gasteiger partial charge is 0.244 e. The lowest BCUT2D eigenvalue weighted by Crippen LogP contribution is -2.37. The van der Waals surface area contributed by atoms with Crippen molar-refractivity contribution in [2.75, 3.05) is 30.6 Å². The molecular formula is C15H18N2O5S2. The van der Waals surface area contributed by atoms with Gasteiger partial charge in [0.2, 0.25) is 5.91 Å². The molecule has 0 spiro atoms. The summed E-state index contributed by atoms with van der Waals surface area (Å²) in [6.45, 7) is 1.38. The van der Waals surface area contributed by atoms with Crippen LogP contribution in [-0.4, -0.2) is 56.5 Å². The number of amides is 1. The van der Waals surface area contributed by atoms with E-state index >= 15 is 0 Å². The highest BCUT2D eigenvalue weighted by Gasteiger charge is 2.49. The Bertz CT molecular complexity index is 806. The van der Waals surface area contributed by atoms with Crippen molar-refractivity contribution in [2.24, 2.45) is 4.99 Å². The predicted octanol–water partition coefficient (Wildman–Crippen LogP) is 1.33. The van der Waals surface area contributed by atoms with Gasteiger partial charge in [-0.25, -0.2) is 8.42 Å². The SMILES string of the molecule is COc1ccc(N2C(=NC(C)=O)SC3CS(=O)(=O)CC32)c(OC)c1. The van der Waals surface area contributed by atoms with E-state index in [4.69, 9.17) is 9.47 Å². The third-order valence-corrected chi connectivity index (χ3v) is 7.18. The van der Waals surface area contributed by atoms with Gasteiger partial charge in [0, 0.05) is 18.2 Å². The first-order chi connectivity index (χ1) is 11.3. The van der Waals surface area contributed by atoms with Crippen LogP contribution in [-0.2, 0) is 14.6 Å². The number of carbonyl (C=O) groups excluding carboxylic acids is 1. The normalized spacial score (nSPS) is 26.5. The van der Waals surface area contributed by atoms with Gasteiger partial charge >= 0.3 is 0 Å². The van der Waals surface area contributed by atoms with Crippen LogP contribution < -0.4 is 14.4 Å². The maximum atomic E-state index is 12.0. The maximum absolute atomic E-state index is 12.0. The van der Waals surface area contributed by atoms with E-state index in [0.29, 0.717) is 22.4 Å². The zero-order chi connectivity index (χ0) is 17.5. The fraction of sp³-hybridized carbons (Fsp3) is 0.467. The van der Waals surface area contributed by atoms with Crippen LogP contribution in [0.2, 0.25) is 0 Å². The third-order valence-electron chi connectivity index (χ3n) is 3.97. The van der Waals surface area contributed by atoms with Crippen LogP contribution in [0.5, 0.6) is 11.5 Å². The number of hydrogen-bond acceptors (Lipinski definition) is 6. The van der Waals surface area contributed by atoms with E-state index < -0.39 is 9.84 Å². The predicted molar refractivity (Wildman–Crippen MR) is 94.0 cm³/mol. The molecule has 0 saturated carbocycles. The molecule has 7 nitrogen and oxygen atoms in total. The second-order valence-electron chi connectivity index (χ2n) is 5.62. The molecule has 2 saturated heterocycles. The topological polar surface area (TPSA) is 85.3 Å². The number of carbonyl (C=O) groups is 1. The summed E-state index contributed by atoms with van der Waals surface area (Å²) in [6.07, 6.45) is 0. The van der Waals surface area contributed by atoms with Gasteiger partial charge in [-0.05, 0) is 12.1 Å². The van der Waals surface area contributed by atoms with E-state index in [1.54, 1.807) is 30.2 Å². The molecule has 9 heteroatoms. The number of rotatable bonds is 3. The molecule has 130 valence electrons. The van der Waals surface area contributed by atoms with Gasteiger partial charge in [0.05, 0.1) is 37.5 Å². The van der Waals surface area contributed by atoms with E-state index in [9.17, 15) is 13.2 Å². The molecule has 0 bridgehead atoms. The number of thioether (sulfide) groups is 1. The van der Waals surface area contributed by atoms with Crippen LogP contribution in [0.3, 0.4) is 0 Å². The van der Waals surface area contributed by atoms with Crippen molar-refractivity contribution < 1.29 is 22.7 Å². The zero-order valence-electron chi connectivity index (χ0n) is 13.6. The standard InChI is InChI=1S/C15H18N2O5S2/c1-9(18)16-15-17(12-7-24(19,20)8-14(12)23-15)11-5-4-10(21-2)6-13(11)22-3/h4-6,12,14H,7-8H2,1-3H3. The highest BCUT2D eigenvalue weighted by atomic mass is 32.2. The second-order valence-corrected chi connectivity index (χ2v) is 8.98.